The highest BCUT2D eigenvalue weighted by atomic mass is 16.4. The van der Waals surface area contributed by atoms with Crippen LogP contribution in [0.25, 0.3) is 0 Å². The van der Waals surface area contributed by atoms with E-state index in [4.69, 9.17) is 5.11 Å². The number of carbonyl (C=O) groups excluding carboxylic acids is 1. The number of benzene rings is 1. The van der Waals surface area contributed by atoms with Crippen molar-refractivity contribution >= 4 is 23.8 Å². The first-order valence-electron chi connectivity index (χ1n) is 5.33. The van der Waals surface area contributed by atoms with Crippen LogP contribution in [0.15, 0.2) is 29.4 Å². The van der Waals surface area contributed by atoms with E-state index in [2.05, 4.69) is 5.10 Å². The van der Waals surface area contributed by atoms with Gasteiger partial charge in [-0.3, -0.25) is 9.59 Å². The van der Waals surface area contributed by atoms with Gasteiger partial charge >= 0.3 is 5.97 Å². The highest BCUT2D eigenvalue weighted by Crippen LogP contribution is 2.24. The molecule has 5 heteroatoms. The second kappa shape index (κ2) is 4.78. The van der Waals surface area contributed by atoms with Gasteiger partial charge in [-0.05, 0) is 18.1 Å². The number of aryl methyl sites for hydroxylation is 1. The summed E-state index contributed by atoms with van der Waals surface area (Å²) in [5, 5.41) is 14.0. The molecular formula is C12H12N2O3. The summed E-state index contributed by atoms with van der Waals surface area (Å²) in [5.74, 6) is -0.941. The summed E-state index contributed by atoms with van der Waals surface area (Å²) >= 11 is 0. The zero-order chi connectivity index (χ0) is 12.3. The van der Waals surface area contributed by atoms with E-state index in [9.17, 15) is 9.59 Å². The van der Waals surface area contributed by atoms with Crippen LogP contribution in [0, 0.1) is 0 Å². The fraction of sp³-hybridized carbons (Fsp3) is 0.250. The van der Waals surface area contributed by atoms with Crippen molar-refractivity contribution in [1.29, 1.82) is 0 Å². The van der Waals surface area contributed by atoms with Crippen molar-refractivity contribution in [2.45, 2.75) is 19.3 Å². The minimum atomic E-state index is -0.851. The Balaban J connectivity index is 2.24. The van der Waals surface area contributed by atoms with E-state index >= 15 is 0 Å². The molecule has 0 bridgehead atoms. The SMILES string of the molecule is O=C(O)CCc1ccccc1N1N=CCC1=O. The number of amides is 1. The van der Waals surface area contributed by atoms with Crippen LogP contribution in [0.1, 0.15) is 18.4 Å². The molecule has 0 aliphatic carbocycles. The number of nitrogens with zero attached hydrogens (tertiary/aromatic N) is 2. The molecule has 0 saturated heterocycles. The van der Waals surface area contributed by atoms with E-state index in [0.717, 1.165) is 5.56 Å². The number of para-hydroxylation sites is 1. The average Bonchev–Trinajstić information content (AvgIpc) is 2.73. The lowest BCUT2D eigenvalue weighted by molar-refractivity contribution is -0.136. The van der Waals surface area contributed by atoms with Crippen molar-refractivity contribution in [3.05, 3.63) is 29.8 Å². The van der Waals surface area contributed by atoms with Crippen LogP contribution in [0.4, 0.5) is 5.69 Å². The van der Waals surface area contributed by atoms with Crippen LogP contribution >= 0.6 is 0 Å². The number of hydrazone groups is 1. The maximum atomic E-state index is 11.5. The molecule has 5 nitrogen and oxygen atoms in total. The van der Waals surface area contributed by atoms with Crippen LogP contribution in [0.5, 0.6) is 0 Å². The van der Waals surface area contributed by atoms with Crippen molar-refractivity contribution in [2.75, 3.05) is 5.01 Å². The largest absolute Gasteiger partial charge is 0.481 e. The average molecular weight is 232 g/mol. The van der Waals surface area contributed by atoms with Crippen molar-refractivity contribution < 1.29 is 14.7 Å². The predicted octanol–water partition coefficient (Wildman–Crippen LogP) is 1.43. The molecule has 88 valence electrons. The normalized spacial score (nSPS) is 14.4. The van der Waals surface area contributed by atoms with Crippen LogP contribution in [0.3, 0.4) is 0 Å². The Labute approximate surface area is 98.4 Å². The fourth-order valence-corrected chi connectivity index (χ4v) is 1.72. The summed E-state index contributed by atoms with van der Waals surface area (Å²) in [6, 6.07) is 7.23. The molecule has 1 heterocycles. The number of aliphatic carboxylic acids is 1. The minimum Gasteiger partial charge on any atom is -0.481 e. The summed E-state index contributed by atoms with van der Waals surface area (Å²) in [7, 11) is 0. The van der Waals surface area contributed by atoms with Crippen LogP contribution in [-0.4, -0.2) is 23.2 Å². The summed E-state index contributed by atoms with van der Waals surface area (Å²) < 4.78 is 0. The first kappa shape index (κ1) is 11.3. The third-order valence-corrected chi connectivity index (χ3v) is 2.53. The molecule has 0 saturated carbocycles. The second-order valence-electron chi connectivity index (χ2n) is 3.73. The van der Waals surface area contributed by atoms with Gasteiger partial charge in [0, 0.05) is 12.6 Å². The van der Waals surface area contributed by atoms with E-state index in [-0.39, 0.29) is 12.3 Å². The first-order chi connectivity index (χ1) is 8.18. The molecule has 1 aliphatic heterocycles. The van der Waals surface area contributed by atoms with Gasteiger partial charge in [0.05, 0.1) is 12.1 Å². The van der Waals surface area contributed by atoms with Gasteiger partial charge in [0.15, 0.2) is 0 Å². The molecule has 0 unspecified atom stereocenters. The zero-order valence-electron chi connectivity index (χ0n) is 9.17. The highest BCUT2D eigenvalue weighted by molar-refractivity contribution is 6.05. The number of carboxylic acids is 1. The van der Waals surface area contributed by atoms with Gasteiger partial charge < -0.3 is 5.11 Å². The van der Waals surface area contributed by atoms with E-state index < -0.39 is 5.97 Å². The van der Waals surface area contributed by atoms with Crippen LogP contribution < -0.4 is 5.01 Å². The van der Waals surface area contributed by atoms with E-state index in [1.807, 2.05) is 12.1 Å². The molecule has 1 aromatic carbocycles. The molecule has 0 aromatic heterocycles. The molecule has 0 spiro atoms. The molecule has 0 fully saturated rings. The zero-order valence-corrected chi connectivity index (χ0v) is 9.17. The minimum absolute atomic E-state index is 0.0444. The van der Waals surface area contributed by atoms with E-state index in [0.29, 0.717) is 18.5 Å². The molecule has 17 heavy (non-hydrogen) atoms. The standard InChI is InChI=1S/C12H12N2O3/c15-11-7-8-13-14(11)10-4-2-1-3-9(10)5-6-12(16)17/h1-4,8H,5-7H2,(H,16,17). The molecule has 1 N–H and O–H groups in total. The Morgan fingerprint density at radius 1 is 1.41 bits per heavy atom. The molecule has 1 amide bonds. The molecule has 1 aliphatic rings. The van der Waals surface area contributed by atoms with Gasteiger partial charge in [0.2, 0.25) is 0 Å². The lowest BCUT2D eigenvalue weighted by atomic mass is 10.1. The Morgan fingerprint density at radius 3 is 2.82 bits per heavy atom. The van der Waals surface area contributed by atoms with Gasteiger partial charge in [-0.2, -0.15) is 5.10 Å². The first-order valence-corrected chi connectivity index (χ1v) is 5.33. The summed E-state index contributed by atoms with van der Waals surface area (Å²) in [6.07, 6.45) is 2.29. The fourth-order valence-electron chi connectivity index (χ4n) is 1.72. The maximum Gasteiger partial charge on any atom is 0.303 e. The Kier molecular flexibility index (Phi) is 3.18. The maximum absolute atomic E-state index is 11.5. The number of rotatable bonds is 4. The van der Waals surface area contributed by atoms with Crippen LogP contribution in [-0.2, 0) is 16.0 Å². The number of carboxylic acid groups (broad SMARTS) is 1. The van der Waals surface area contributed by atoms with Crippen molar-refractivity contribution in [3.63, 3.8) is 0 Å². The van der Waals surface area contributed by atoms with Gasteiger partial charge in [0.1, 0.15) is 0 Å². The highest BCUT2D eigenvalue weighted by Gasteiger charge is 2.20. The van der Waals surface area contributed by atoms with Crippen molar-refractivity contribution in [2.24, 2.45) is 5.10 Å². The van der Waals surface area contributed by atoms with Crippen LogP contribution in [0.2, 0.25) is 0 Å². The monoisotopic (exact) mass is 232 g/mol. The molecule has 1 aromatic rings. The van der Waals surface area contributed by atoms with E-state index in [1.54, 1.807) is 18.3 Å². The summed E-state index contributed by atoms with van der Waals surface area (Å²) in [5.41, 5.74) is 1.50. The van der Waals surface area contributed by atoms with Gasteiger partial charge in [-0.15, -0.1) is 0 Å². The number of hydrogen-bond donors (Lipinski definition) is 1. The molecule has 0 atom stereocenters. The van der Waals surface area contributed by atoms with Gasteiger partial charge in [-0.25, -0.2) is 5.01 Å². The Morgan fingerprint density at radius 2 is 2.18 bits per heavy atom. The van der Waals surface area contributed by atoms with E-state index in [1.165, 1.54) is 5.01 Å². The predicted molar refractivity (Wildman–Crippen MR) is 63.0 cm³/mol. The third kappa shape index (κ3) is 2.50. The quantitative estimate of drug-likeness (QED) is 0.853. The van der Waals surface area contributed by atoms with Gasteiger partial charge in [-0.1, -0.05) is 18.2 Å². The number of anilines is 1. The molecule has 0 radical (unpaired) electrons. The third-order valence-electron chi connectivity index (χ3n) is 2.53. The number of carbonyl (C=O) groups is 2. The second-order valence-corrected chi connectivity index (χ2v) is 3.73. The molecular weight excluding hydrogens is 220 g/mol. The Bertz CT molecular complexity index is 482. The lowest BCUT2D eigenvalue weighted by Gasteiger charge is -2.15. The topological polar surface area (TPSA) is 70.0 Å². The Hall–Kier alpha value is -2.17. The van der Waals surface area contributed by atoms with Crippen molar-refractivity contribution in [1.82, 2.24) is 0 Å². The van der Waals surface area contributed by atoms with Gasteiger partial charge in [0.25, 0.3) is 5.91 Å². The lowest BCUT2D eigenvalue weighted by Crippen LogP contribution is -2.21. The van der Waals surface area contributed by atoms with Crippen molar-refractivity contribution in [3.8, 4) is 0 Å². The smallest absolute Gasteiger partial charge is 0.303 e. The number of hydrogen-bond acceptors (Lipinski definition) is 3. The summed E-state index contributed by atoms with van der Waals surface area (Å²) in [4.78, 5) is 22.1. The summed E-state index contributed by atoms with van der Waals surface area (Å²) in [6.45, 7) is 0. The molecule has 2 rings (SSSR count).